The van der Waals surface area contributed by atoms with Gasteiger partial charge in [-0.15, -0.1) is 0 Å². The van der Waals surface area contributed by atoms with E-state index in [9.17, 15) is 9.90 Å². The minimum atomic E-state index is -0.149. The van der Waals surface area contributed by atoms with Crippen molar-refractivity contribution in [2.45, 2.75) is 51.9 Å². The molecule has 1 amide bonds. The zero-order valence-corrected chi connectivity index (χ0v) is 10.8. The van der Waals surface area contributed by atoms with Crippen LogP contribution in [0.4, 0.5) is 0 Å². The van der Waals surface area contributed by atoms with Gasteiger partial charge in [-0.1, -0.05) is 6.92 Å². The second-order valence-corrected chi connectivity index (χ2v) is 5.67. The highest BCUT2D eigenvalue weighted by atomic mass is 16.5. The molecule has 2 fully saturated rings. The van der Waals surface area contributed by atoms with E-state index in [1.807, 2.05) is 13.8 Å². The minimum Gasteiger partial charge on any atom is -0.393 e. The van der Waals surface area contributed by atoms with Crippen molar-refractivity contribution in [3.63, 3.8) is 0 Å². The lowest BCUT2D eigenvalue weighted by molar-refractivity contribution is -0.127. The molecule has 4 atom stereocenters. The van der Waals surface area contributed by atoms with Crippen LogP contribution in [0.1, 0.15) is 33.6 Å². The number of amides is 1. The van der Waals surface area contributed by atoms with Crippen LogP contribution in [0.15, 0.2) is 0 Å². The summed E-state index contributed by atoms with van der Waals surface area (Å²) in [5, 5.41) is 12.2. The first kappa shape index (κ1) is 12.8. The van der Waals surface area contributed by atoms with Crippen molar-refractivity contribution in [2.24, 2.45) is 17.8 Å². The van der Waals surface area contributed by atoms with Gasteiger partial charge in [0.1, 0.15) is 0 Å². The summed E-state index contributed by atoms with van der Waals surface area (Å²) in [6.07, 6.45) is 1.66. The number of rotatable bonds is 3. The second kappa shape index (κ2) is 4.94. The van der Waals surface area contributed by atoms with Gasteiger partial charge in [-0.25, -0.2) is 0 Å². The van der Waals surface area contributed by atoms with Crippen LogP contribution in [-0.4, -0.2) is 35.9 Å². The number of aliphatic hydroxyl groups excluding tert-OH is 1. The van der Waals surface area contributed by atoms with E-state index in [2.05, 4.69) is 12.2 Å². The number of aliphatic hydroxyl groups is 1. The first-order valence-electron chi connectivity index (χ1n) is 6.60. The molecule has 1 saturated carbocycles. The summed E-state index contributed by atoms with van der Waals surface area (Å²) in [5.41, 5.74) is 0. The lowest BCUT2D eigenvalue weighted by Gasteiger charge is -2.32. The smallest absolute Gasteiger partial charge is 0.226 e. The molecular weight excluding hydrogens is 218 g/mol. The quantitative estimate of drug-likeness (QED) is 0.773. The maximum absolute atomic E-state index is 12.1. The molecule has 98 valence electrons. The number of ether oxygens (including phenoxy) is 1. The summed E-state index contributed by atoms with van der Waals surface area (Å²) in [5.74, 6) is 0.807. The van der Waals surface area contributed by atoms with Gasteiger partial charge in [0.2, 0.25) is 5.91 Å². The first-order chi connectivity index (χ1) is 7.99. The summed E-state index contributed by atoms with van der Waals surface area (Å²) < 4.78 is 5.67. The number of hydrogen-bond donors (Lipinski definition) is 2. The SMILES string of the molecule is CC1OC(C)C(C(=O)NCC2CC(O)C2)C1C. The lowest BCUT2D eigenvalue weighted by atomic mass is 9.82. The number of carbonyl (C=O) groups is 1. The number of nitrogens with one attached hydrogen (secondary N) is 1. The Bertz CT molecular complexity index is 288. The average Bonchev–Trinajstić information content (AvgIpc) is 2.46. The summed E-state index contributed by atoms with van der Waals surface area (Å²) in [6, 6.07) is 0. The molecule has 0 bridgehead atoms. The summed E-state index contributed by atoms with van der Waals surface area (Å²) in [4.78, 5) is 12.1. The topological polar surface area (TPSA) is 58.6 Å². The molecule has 1 aliphatic carbocycles. The van der Waals surface area contributed by atoms with E-state index >= 15 is 0 Å². The molecule has 0 aromatic heterocycles. The molecule has 0 spiro atoms. The fraction of sp³-hybridized carbons (Fsp3) is 0.923. The molecule has 1 heterocycles. The van der Waals surface area contributed by atoms with Crippen molar-refractivity contribution in [1.82, 2.24) is 5.32 Å². The van der Waals surface area contributed by atoms with Crippen LogP contribution in [0.25, 0.3) is 0 Å². The fourth-order valence-corrected chi connectivity index (χ4v) is 2.95. The molecular formula is C13H23NO3. The highest BCUT2D eigenvalue weighted by Crippen LogP contribution is 2.32. The van der Waals surface area contributed by atoms with Crippen LogP contribution in [-0.2, 0) is 9.53 Å². The third-order valence-electron chi connectivity index (χ3n) is 4.32. The molecule has 2 aliphatic rings. The molecule has 0 aromatic carbocycles. The van der Waals surface area contributed by atoms with E-state index in [1.54, 1.807) is 0 Å². The zero-order chi connectivity index (χ0) is 12.6. The Labute approximate surface area is 103 Å². The Morgan fingerprint density at radius 3 is 2.41 bits per heavy atom. The van der Waals surface area contributed by atoms with Crippen molar-refractivity contribution in [2.75, 3.05) is 6.54 Å². The van der Waals surface area contributed by atoms with E-state index in [0.29, 0.717) is 12.5 Å². The van der Waals surface area contributed by atoms with Crippen LogP contribution >= 0.6 is 0 Å². The average molecular weight is 241 g/mol. The van der Waals surface area contributed by atoms with E-state index in [-0.39, 0.29) is 36.1 Å². The Hall–Kier alpha value is -0.610. The van der Waals surface area contributed by atoms with Crippen molar-refractivity contribution >= 4 is 5.91 Å². The highest BCUT2D eigenvalue weighted by molar-refractivity contribution is 5.79. The maximum Gasteiger partial charge on any atom is 0.226 e. The predicted molar refractivity (Wildman–Crippen MR) is 64.4 cm³/mol. The van der Waals surface area contributed by atoms with Crippen LogP contribution < -0.4 is 5.32 Å². The van der Waals surface area contributed by atoms with E-state index in [0.717, 1.165) is 12.8 Å². The summed E-state index contributed by atoms with van der Waals surface area (Å²) in [6.45, 7) is 6.76. The van der Waals surface area contributed by atoms with Gasteiger partial charge in [0.25, 0.3) is 0 Å². The van der Waals surface area contributed by atoms with Crippen molar-refractivity contribution < 1.29 is 14.6 Å². The zero-order valence-electron chi connectivity index (χ0n) is 10.8. The maximum atomic E-state index is 12.1. The molecule has 0 aromatic rings. The molecule has 4 unspecified atom stereocenters. The Balaban J connectivity index is 1.79. The Morgan fingerprint density at radius 1 is 1.29 bits per heavy atom. The molecule has 1 saturated heterocycles. The van der Waals surface area contributed by atoms with Crippen molar-refractivity contribution in [1.29, 1.82) is 0 Å². The molecule has 2 rings (SSSR count). The molecule has 1 aliphatic heterocycles. The lowest BCUT2D eigenvalue weighted by Crippen LogP contribution is -2.43. The predicted octanol–water partition coefficient (Wildman–Crippen LogP) is 0.933. The van der Waals surface area contributed by atoms with Crippen LogP contribution in [0, 0.1) is 17.8 Å². The fourth-order valence-electron chi connectivity index (χ4n) is 2.95. The molecule has 4 nitrogen and oxygen atoms in total. The van der Waals surface area contributed by atoms with Crippen molar-refractivity contribution in [3.05, 3.63) is 0 Å². The standard InChI is InChI=1S/C13H23NO3/c1-7-8(2)17-9(3)12(7)13(16)14-6-10-4-11(15)5-10/h7-12,15H,4-6H2,1-3H3,(H,14,16). The highest BCUT2D eigenvalue weighted by Gasteiger charge is 2.41. The van der Waals surface area contributed by atoms with Gasteiger partial charge in [0, 0.05) is 6.54 Å². The van der Waals surface area contributed by atoms with Gasteiger partial charge in [-0.2, -0.15) is 0 Å². The van der Waals surface area contributed by atoms with Gasteiger partial charge in [0.15, 0.2) is 0 Å². The van der Waals surface area contributed by atoms with E-state index in [4.69, 9.17) is 4.74 Å². The van der Waals surface area contributed by atoms with Crippen molar-refractivity contribution in [3.8, 4) is 0 Å². The Morgan fingerprint density at radius 2 is 1.94 bits per heavy atom. The van der Waals surface area contributed by atoms with Gasteiger partial charge in [-0.05, 0) is 38.5 Å². The van der Waals surface area contributed by atoms with Gasteiger partial charge < -0.3 is 15.2 Å². The van der Waals surface area contributed by atoms with Gasteiger partial charge >= 0.3 is 0 Å². The summed E-state index contributed by atoms with van der Waals surface area (Å²) >= 11 is 0. The van der Waals surface area contributed by atoms with E-state index < -0.39 is 0 Å². The molecule has 17 heavy (non-hydrogen) atoms. The molecule has 0 radical (unpaired) electrons. The third kappa shape index (κ3) is 2.63. The third-order valence-corrected chi connectivity index (χ3v) is 4.32. The normalized spacial score (nSPS) is 45.4. The van der Waals surface area contributed by atoms with Crippen LogP contribution in [0.3, 0.4) is 0 Å². The second-order valence-electron chi connectivity index (χ2n) is 5.67. The minimum absolute atomic E-state index is 0.00646. The largest absolute Gasteiger partial charge is 0.393 e. The summed E-state index contributed by atoms with van der Waals surface area (Å²) in [7, 11) is 0. The number of hydrogen-bond acceptors (Lipinski definition) is 3. The monoisotopic (exact) mass is 241 g/mol. The van der Waals surface area contributed by atoms with E-state index in [1.165, 1.54) is 0 Å². The molecule has 2 N–H and O–H groups in total. The first-order valence-corrected chi connectivity index (χ1v) is 6.60. The van der Waals surface area contributed by atoms with Gasteiger partial charge in [-0.3, -0.25) is 4.79 Å². The Kier molecular flexibility index (Phi) is 3.73. The van der Waals surface area contributed by atoms with Crippen LogP contribution in [0.5, 0.6) is 0 Å². The van der Waals surface area contributed by atoms with Crippen LogP contribution in [0.2, 0.25) is 0 Å². The number of carbonyl (C=O) groups excluding carboxylic acids is 1. The van der Waals surface area contributed by atoms with Gasteiger partial charge in [0.05, 0.1) is 24.2 Å². The molecule has 4 heteroatoms.